The minimum Gasteiger partial charge on any atom is -0.504 e. The van der Waals surface area contributed by atoms with Crippen LogP contribution in [0, 0.1) is 0 Å². The van der Waals surface area contributed by atoms with Crippen molar-refractivity contribution in [1.82, 2.24) is 10.3 Å². The number of rotatable bonds is 26. The summed E-state index contributed by atoms with van der Waals surface area (Å²) in [4.78, 5) is 15.3. The van der Waals surface area contributed by atoms with E-state index in [1.807, 2.05) is 6.20 Å². The van der Waals surface area contributed by atoms with E-state index in [9.17, 15) is 15.0 Å². The van der Waals surface area contributed by atoms with Crippen LogP contribution in [0.4, 0.5) is 0 Å². The average Bonchev–Trinajstić information content (AvgIpc) is 3.37. The van der Waals surface area contributed by atoms with Gasteiger partial charge in [-0.25, -0.2) is 0 Å². The van der Waals surface area contributed by atoms with Crippen molar-refractivity contribution in [2.24, 2.45) is 0 Å². The van der Waals surface area contributed by atoms with E-state index in [2.05, 4.69) is 17.2 Å². The van der Waals surface area contributed by atoms with Crippen LogP contribution in [0.1, 0.15) is 160 Å². The summed E-state index contributed by atoms with van der Waals surface area (Å²) in [6.07, 6.45) is 33.2. The molecule has 5 heteroatoms. The predicted octanol–water partition coefficient (Wildman–Crippen LogP) is 10.2. The molecule has 40 heavy (non-hydrogen) atoms. The van der Waals surface area contributed by atoms with E-state index in [0.717, 1.165) is 23.9 Å². The molecular formula is C35H60N2O3. The van der Waals surface area contributed by atoms with Crippen LogP contribution in [0.5, 0.6) is 11.5 Å². The smallest absolute Gasteiger partial charge is 0.220 e. The van der Waals surface area contributed by atoms with Crippen LogP contribution in [-0.4, -0.2) is 27.6 Å². The Hall–Kier alpha value is -2.17. The van der Waals surface area contributed by atoms with E-state index < -0.39 is 0 Å². The molecule has 0 saturated heterocycles. The van der Waals surface area contributed by atoms with Gasteiger partial charge in [-0.05, 0) is 30.5 Å². The van der Waals surface area contributed by atoms with E-state index >= 15 is 0 Å². The first-order chi connectivity index (χ1) is 19.6. The minimum absolute atomic E-state index is 0.0973. The van der Waals surface area contributed by atoms with Crippen LogP contribution in [-0.2, 0) is 11.2 Å². The van der Waals surface area contributed by atoms with Gasteiger partial charge in [0.2, 0.25) is 5.91 Å². The van der Waals surface area contributed by atoms with Crippen molar-refractivity contribution in [3.63, 3.8) is 0 Å². The maximum Gasteiger partial charge on any atom is 0.220 e. The Morgan fingerprint density at radius 1 is 0.675 bits per heavy atom. The summed E-state index contributed by atoms with van der Waals surface area (Å²) in [6.45, 7) is 2.82. The van der Waals surface area contributed by atoms with Crippen LogP contribution in [0.3, 0.4) is 0 Å². The molecule has 1 aromatic heterocycles. The number of amides is 1. The molecule has 2 aromatic rings. The summed E-state index contributed by atoms with van der Waals surface area (Å²) in [5.41, 5.74) is 1.68. The first-order valence-corrected chi connectivity index (χ1v) is 16.9. The molecule has 2 rings (SSSR count). The van der Waals surface area contributed by atoms with Crippen LogP contribution in [0.25, 0.3) is 10.9 Å². The lowest BCUT2D eigenvalue weighted by Gasteiger charge is -2.06. The molecule has 0 fully saturated rings. The number of phenols is 2. The second-order valence-corrected chi connectivity index (χ2v) is 11.9. The molecule has 0 saturated carbocycles. The number of carbonyl (C=O) groups excluding carboxylic acids is 1. The van der Waals surface area contributed by atoms with Crippen molar-refractivity contribution in [3.8, 4) is 11.5 Å². The van der Waals surface area contributed by atoms with Crippen molar-refractivity contribution >= 4 is 16.8 Å². The Morgan fingerprint density at radius 2 is 1.12 bits per heavy atom. The number of hydrogen-bond acceptors (Lipinski definition) is 3. The molecule has 228 valence electrons. The highest BCUT2D eigenvalue weighted by Gasteiger charge is 2.12. The number of H-pyrrole nitrogens is 1. The van der Waals surface area contributed by atoms with E-state index in [-0.39, 0.29) is 17.4 Å². The number of unbranched alkanes of at least 4 members (excludes halogenated alkanes) is 21. The Labute approximate surface area is 244 Å². The van der Waals surface area contributed by atoms with E-state index in [1.165, 1.54) is 134 Å². The number of aromatic nitrogens is 1. The standard InChI is InChI=1S/C35H60N2O3/c1-2-3-4-5-6-7-8-9-10-11-12-13-14-15-16-17-18-19-20-21-22-23-24-33(39)36-28-27-30-29-37-31-25-26-32(38)35(40)34(30)31/h25-26,29,37-38,40H,2-24,27-28H2,1H3,(H,36,39). The number of hydrogen-bond donors (Lipinski definition) is 4. The van der Waals surface area contributed by atoms with Crippen molar-refractivity contribution in [2.75, 3.05) is 6.54 Å². The average molecular weight is 557 g/mol. The Balaban J connectivity index is 1.29. The molecule has 0 radical (unpaired) electrons. The maximum atomic E-state index is 12.2. The summed E-state index contributed by atoms with van der Waals surface area (Å²) >= 11 is 0. The maximum absolute atomic E-state index is 12.2. The van der Waals surface area contributed by atoms with Gasteiger partial charge in [0.1, 0.15) is 0 Å². The molecule has 0 atom stereocenters. The minimum atomic E-state index is -0.123. The van der Waals surface area contributed by atoms with Gasteiger partial charge in [0, 0.05) is 30.1 Å². The Morgan fingerprint density at radius 3 is 1.60 bits per heavy atom. The SMILES string of the molecule is CCCCCCCCCCCCCCCCCCCCCCCCC(=O)NCCc1c[nH]c2ccc(O)c(O)c12. The van der Waals surface area contributed by atoms with E-state index in [1.54, 1.807) is 6.07 Å². The van der Waals surface area contributed by atoms with Crippen LogP contribution >= 0.6 is 0 Å². The number of aromatic hydroxyl groups is 2. The first kappa shape index (κ1) is 34.0. The van der Waals surface area contributed by atoms with Crippen LogP contribution in [0.2, 0.25) is 0 Å². The van der Waals surface area contributed by atoms with Gasteiger partial charge in [-0.1, -0.05) is 142 Å². The number of benzene rings is 1. The summed E-state index contributed by atoms with van der Waals surface area (Å²) in [5.74, 6) is -0.127. The molecule has 1 amide bonds. The van der Waals surface area contributed by atoms with E-state index in [4.69, 9.17) is 0 Å². The highest BCUT2D eigenvalue weighted by Crippen LogP contribution is 2.35. The predicted molar refractivity (Wildman–Crippen MR) is 170 cm³/mol. The van der Waals surface area contributed by atoms with Crippen molar-refractivity contribution < 1.29 is 15.0 Å². The lowest BCUT2D eigenvalue weighted by Crippen LogP contribution is -2.25. The molecule has 0 unspecified atom stereocenters. The molecule has 0 aliphatic carbocycles. The van der Waals surface area contributed by atoms with Gasteiger partial charge in [0.05, 0.1) is 0 Å². The fourth-order valence-corrected chi connectivity index (χ4v) is 5.78. The van der Waals surface area contributed by atoms with Gasteiger partial charge in [0.25, 0.3) is 0 Å². The van der Waals surface area contributed by atoms with Crippen molar-refractivity contribution in [1.29, 1.82) is 0 Å². The fraction of sp³-hybridized carbons (Fsp3) is 0.743. The zero-order valence-electron chi connectivity index (χ0n) is 25.7. The van der Waals surface area contributed by atoms with Gasteiger partial charge in [0.15, 0.2) is 11.5 Å². The molecule has 5 nitrogen and oxygen atoms in total. The van der Waals surface area contributed by atoms with Gasteiger partial charge in [-0.2, -0.15) is 0 Å². The lowest BCUT2D eigenvalue weighted by molar-refractivity contribution is -0.121. The lowest BCUT2D eigenvalue weighted by atomic mass is 10.0. The second-order valence-electron chi connectivity index (χ2n) is 11.9. The van der Waals surface area contributed by atoms with Crippen LogP contribution in [0.15, 0.2) is 18.3 Å². The summed E-state index contributed by atoms with van der Waals surface area (Å²) in [6, 6.07) is 3.22. The zero-order chi connectivity index (χ0) is 28.7. The normalized spacial score (nSPS) is 11.4. The third-order valence-corrected chi connectivity index (χ3v) is 8.35. The fourth-order valence-electron chi connectivity index (χ4n) is 5.78. The zero-order valence-corrected chi connectivity index (χ0v) is 25.7. The van der Waals surface area contributed by atoms with Gasteiger partial charge < -0.3 is 20.5 Å². The highest BCUT2D eigenvalue weighted by molar-refractivity contribution is 5.91. The highest BCUT2D eigenvalue weighted by atomic mass is 16.3. The van der Waals surface area contributed by atoms with E-state index in [0.29, 0.717) is 24.8 Å². The third kappa shape index (κ3) is 15.0. The molecule has 0 bridgehead atoms. The Bertz CT molecular complexity index is 907. The second kappa shape index (κ2) is 22.5. The largest absolute Gasteiger partial charge is 0.504 e. The number of carbonyl (C=O) groups is 1. The molecule has 0 aliphatic heterocycles. The molecule has 0 spiro atoms. The summed E-state index contributed by atoms with van der Waals surface area (Å²) < 4.78 is 0. The molecule has 1 heterocycles. The van der Waals surface area contributed by atoms with Crippen molar-refractivity contribution in [3.05, 3.63) is 23.9 Å². The summed E-state index contributed by atoms with van der Waals surface area (Å²) in [7, 11) is 0. The van der Waals surface area contributed by atoms with Crippen molar-refractivity contribution in [2.45, 2.75) is 161 Å². The number of nitrogens with one attached hydrogen (secondary N) is 2. The molecular weight excluding hydrogens is 496 g/mol. The van der Waals surface area contributed by atoms with Gasteiger partial charge in [-0.3, -0.25) is 4.79 Å². The van der Waals surface area contributed by atoms with Crippen LogP contribution < -0.4 is 5.32 Å². The topological polar surface area (TPSA) is 85.4 Å². The quantitative estimate of drug-likeness (QED) is 0.0687. The molecule has 1 aromatic carbocycles. The van der Waals surface area contributed by atoms with Gasteiger partial charge >= 0.3 is 0 Å². The first-order valence-electron chi connectivity index (χ1n) is 16.9. The number of phenolic OH excluding ortho intramolecular Hbond substituents is 2. The monoisotopic (exact) mass is 556 g/mol. The molecule has 0 aliphatic rings. The Kier molecular flexibility index (Phi) is 19.2. The van der Waals surface area contributed by atoms with Gasteiger partial charge in [-0.15, -0.1) is 0 Å². The summed E-state index contributed by atoms with van der Waals surface area (Å²) in [5, 5.41) is 23.5. The molecule has 4 N–H and O–H groups in total. The third-order valence-electron chi connectivity index (χ3n) is 8.35. The number of fused-ring (bicyclic) bond motifs is 1. The number of aromatic amines is 1.